The number of anilines is 1. The summed E-state index contributed by atoms with van der Waals surface area (Å²) in [5.74, 6) is 1.09. The van der Waals surface area contributed by atoms with Crippen LogP contribution < -0.4 is 5.32 Å². The second-order valence-corrected chi connectivity index (χ2v) is 4.99. The minimum Gasteiger partial charge on any atom is -0.369 e. The first-order chi connectivity index (χ1) is 9.08. The maximum Gasteiger partial charge on any atom is 0.289 e. The SMILES string of the molecule is CCCCC(CC)CNc1ncc([N+](=O)[O-])cc1Cl. The molecule has 1 unspecified atom stereocenters. The Bertz CT molecular complexity index is 426. The van der Waals surface area contributed by atoms with Crippen LogP contribution >= 0.6 is 11.6 Å². The van der Waals surface area contributed by atoms with E-state index < -0.39 is 4.92 Å². The molecular formula is C13H20ClN3O2. The van der Waals surface area contributed by atoms with Crippen LogP contribution in [-0.4, -0.2) is 16.5 Å². The molecule has 0 amide bonds. The summed E-state index contributed by atoms with van der Waals surface area (Å²) in [5, 5.41) is 14.0. The highest BCUT2D eigenvalue weighted by atomic mass is 35.5. The van der Waals surface area contributed by atoms with Crippen LogP contribution in [0.4, 0.5) is 11.5 Å². The first kappa shape index (κ1) is 15.7. The highest BCUT2D eigenvalue weighted by Gasteiger charge is 2.12. The van der Waals surface area contributed by atoms with Gasteiger partial charge in [-0.15, -0.1) is 0 Å². The number of pyridine rings is 1. The third-order valence-electron chi connectivity index (χ3n) is 3.14. The van der Waals surface area contributed by atoms with E-state index in [0.717, 1.165) is 13.0 Å². The highest BCUT2D eigenvalue weighted by molar-refractivity contribution is 6.33. The molecule has 0 radical (unpaired) electrons. The lowest BCUT2D eigenvalue weighted by Gasteiger charge is -2.16. The Morgan fingerprint density at radius 1 is 1.53 bits per heavy atom. The molecule has 1 aromatic rings. The molecule has 1 atom stereocenters. The maximum atomic E-state index is 10.6. The number of halogens is 1. The highest BCUT2D eigenvalue weighted by Crippen LogP contribution is 2.24. The summed E-state index contributed by atoms with van der Waals surface area (Å²) in [6.45, 7) is 5.13. The lowest BCUT2D eigenvalue weighted by atomic mass is 9.99. The Kier molecular flexibility index (Phi) is 6.56. The monoisotopic (exact) mass is 285 g/mol. The van der Waals surface area contributed by atoms with E-state index >= 15 is 0 Å². The number of aromatic nitrogens is 1. The summed E-state index contributed by atoms with van der Waals surface area (Å²) in [5.41, 5.74) is -0.0893. The Hall–Kier alpha value is -1.36. The molecule has 0 fully saturated rings. The smallest absolute Gasteiger partial charge is 0.289 e. The summed E-state index contributed by atoms with van der Waals surface area (Å²) in [6.07, 6.45) is 5.89. The molecule has 1 N–H and O–H groups in total. The van der Waals surface area contributed by atoms with Crippen molar-refractivity contribution in [3.05, 3.63) is 27.4 Å². The van der Waals surface area contributed by atoms with Gasteiger partial charge in [0.05, 0.1) is 9.95 Å². The van der Waals surface area contributed by atoms with E-state index in [1.807, 2.05) is 0 Å². The number of nitro groups is 1. The van der Waals surface area contributed by atoms with Gasteiger partial charge in [0, 0.05) is 12.6 Å². The topological polar surface area (TPSA) is 68.1 Å². The van der Waals surface area contributed by atoms with E-state index in [1.54, 1.807) is 0 Å². The zero-order valence-corrected chi connectivity index (χ0v) is 12.1. The van der Waals surface area contributed by atoms with E-state index in [1.165, 1.54) is 31.5 Å². The molecule has 19 heavy (non-hydrogen) atoms. The van der Waals surface area contributed by atoms with Gasteiger partial charge < -0.3 is 5.32 Å². The molecule has 0 spiro atoms. The van der Waals surface area contributed by atoms with Crippen molar-refractivity contribution in [2.75, 3.05) is 11.9 Å². The van der Waals surface area contributed by atoms with E-state index in [-0.39, 0.29) is 5.69 Å². The van der Waals surface area contributed by atoms with Gasteiger partial charge >= 0.3 is 0 Å². The Balaban J connectivity index is 2.59. The molecule has 0 aliphatic rings. The van der Waals surface area contributed by atoms with E-state index in [4.69, 9.17) is 11.6 Å². The third kappa shape index (κ3) is 5.03. The molecule has 1 aromatic heterocycles. The number of hydrogen-bond acceptors (Lipinski definition) is 4. The van der Waals surface area contributed by atoms with Crippen LogP contribution in [0, 0.1) is 16.0 Å². The van der Waals surface area contributed by atoms with Gasteiger partial charge in [0.1, 0.15) is 12.0 Å². The van der Waals surface area contributed by atoms with Crippen molar-refractivity contribution in [3.63, 3.8) is 0 Å². The zero-order chi connectivity index (χ0) is 14.3. The van der Waals surface area contributed by atoms with Gasteiger partial charge in [0.15, 0.2) is 0 Å². The Labute approximate surface area is 118 Å². The van der Waals surface area contributed by atoms with Gasteiger partial charge in [0.25, 0.3) is 5.69 Å². The molecule has 0 aliphatic heterocycles. The van der Waals surface area contributed by atoms with Crippen LogP contribution in [0.25, 0.3) is 0 Å². The predicted molar refractivity (Wildman–Crippen MR) is 77.7 cm³/mol. The Morgan fingerprint density at radius 2 is 2.26 bits per heavy atom. The zero-order valence-electron chi connectivity index (χ0n) is 11.4. The van der Waals surface area contributed by atoms with Gasteiger partial charge in [-0.3, -0.25) is 10.1 Å². The van der Waals surface area contributed by atoms with Crippen molar-refractivity contribution in [2.24, 2.45) is 5.92 Å². The molecule has 5 nitrogen and oxygen atoms in total. The number of unbranched alkanes of at least 4 members (excludes halogenated alkanes) is 1. The fraction of sp³-hybridized carbons (Fsp3) is 0.615. The molecule has 0 saturated heterocycles. The normalized spacial score (nSPS) is 12.2. The van der Waals surface area contributed by atoms with Gasteiger partial charge in [0.2, 0.25) is 0 Å². The van der Waals surface area contributed by atoms with Crippen molar-refractivity contribution in [2.45, 2.75) is 39.5 Å². The Morgan fingerprint density at radius 3 is 2.79 bits per heavy atom. The van der Waals surface area contributed by atoms with E-state index in [9.17, 15) is 10.1 Å². The molecule has 6 heteroatoms. The van der Waals surface area contributed by atoms with Crippen LogP contribution in [0.3, 0.4) is 0 Å². The quantitative estimate of drug-likeness (QED) is 0.572. The first-order valence-electron chi connectivity index (χ1n) is 6.62. The minimum absolute atomic E-state index is 0.0893. The second-order valence-electron chi connectivity index (χ2n) is 4.58. The number of nitrogens with zero attached hydrogens (tertiary/aromatic N) is 2. The molecule has 0 aliphatic carbocycles. The van der Waals surface area contributed by atoms with E-state index in [2.05, 4.69) is 24.1 Å². The first-order valence-corrected chi connectivity index (χ1v) is 7.00. The fourth-order valence-corrected chi connectivity index (χ4v) is 2.07. The summed E-state index contributed by atoms with van der Waals surface area (Å²) in [4.78, 5) is 14.1. The largest absolute Gasteiger partial charge is 0.369 e. The average molecular weight is 286 g/mol. The van der Waals surface area contributed by atoms with Gasteiger partial charge in [-0.25, -0.2) is 4.98 Å². The lowest BCUT2D eigenvalue weighted by molar-refractivity contribution is -0.385. The second kappa shape index (κ2) is 7.94. The fourth-order valence-electron chi connectivity index (χ4n) is 1.84. The van der Waals surface area contributed by atoms with Crippen LogP contribution in [0.1, 0.15) is 39.5 Å². The third-order valence-corrected chi connectivity index (χ3v) is 3.43. The average Bonchev–Trinajstić information content (AvgIpc) is 2.40. The molecule has 1 heterocycles. The van der Waals surface area contributed by atoms with Gasteiger partial charge in [-0.1, -0.05) is 44.7 Å². The number of rotatable bonds is 8. The summed E-state index contributed by atoms with van der Waals surface area (Å²) >= 11 is 5.98. The molecule has 0 saturated carbocycles. The summed E-state index contributed by atoms with van der Waals surface area (Å²) in [7, 11) is 0. The molecule has 0 bridgehead atoms. The van der Waals surface area contributed by atoms with Gasteiger partial charge in [-0.2, -0.15) is 0 Å². The van der Waals surface area contributed by atoms with Crippen LogP contribution in [0.2, 0.25) is 5.02 Å². The van der Waals surface area contributed by atoms with Crippen LogP contribution in [0.15, 0.2) is 12.3 Å². The van der Waals surface area contributed by atoms with Crippen LogP contribution in [0.5, 0.6) is 0 Å². The minimum atomic E-state index is -0.501. The van der Waals surface area contributed by atoms with Crippen molar-refractivity contribution in [1.82, 2.24) is 4.98 Å². The van der Waals surface area contributed by atoms with Crippen molar-refractivity contribution < 1.29 is 4.92 Å². The van der Waals surface area contributed by atoms with E-state index in [0.29, 0.717) is 16.8 Å². The van der Waals surface area contributed by atoms with Crippen LogP contribution in [-0.2, 0) is 0 Å². The lowest BCUT2D eigenvalue weighted by Crippen LogP contribution is -2.14. The van der Waals surface area contributed by atoms with Crippen molar-refractivity contribution in [1.29, 1.82) is 0 Å². The molecular weight excluding hydrogens is 266 g/mol. The molecule has 1 rings (SSSR count). The summed E-state index contributed by atoms with van der Waals surface area (Å²) in [6, 6.07) is 1.32. The molecule has 106 valence electrons. The predicted octanol–water partition coefficient (Wildman–Crippen LogP) is 4.27. The van der Waals surface area contributed by atoms with Crippen molar-refractivity contribution >= 4 is 23.1 Å². The number of hydrogen-bond donors (Lipinski definition) is 1. The molecule has 0 aromatic carbocycles. The summed E-state index contributed by atoms with van der Waals surface area (Å²) < 4.78 is 0. The van der Waals surface area contributed by atoms with Crippen molar-refractivity contribution in [3.8, 4) is 0 Å². The number of nitrogens with one attached hydrogen (secondary N) is 1. The maximum absolute atomic E-state index is 10.6. The van der Waals surface area contributed by atoms with Gasteiger partial charge in [-0.05, 0) is 12.3 Å². The standard InChI is InChI=1S/C13H20ClN3O2/c1-3-5-6-10(4-2)8-15-13-12(14)7-11(9-16-13)17(18)19/h7,9-10H,3-6,8H2,1-2H3,(H,15,16).